The highest BCUT2D eigenvalue weighted by atomic mass is 127. The third-order valence-corrected chi connectivity index (χ3v) is 6.62. The normalized spacial score (nSPS) is 11.0. The summed E-state index contributed by atoms with van der Waals surface area (Å²) >= 11 is 6.63. The zero-order chi connectivity index (χ0) is 22.4. The van der Waals surface area contributed by atoms with Crippen molar-refractivity contribution in [3.8, 4) is 11.8 Å². The second kappa shape index (κ2) is 11.3. The largest absolute Gasteiger partial charge is 0.487 e. The van der Waals surface area contributed by atoms with Gasteiger partial charge < -0.3 is 10.1 Å². The molecule has 31 heavy (non-hydrogen) atoms. The summed E-state index contributed by atoms with van der Waals surface area (Å²) in [5, 5.41) is 12.3. The Hall–Kier alpha value is -1.65. The van der Waals surface area contributed by atoms with Gasteiger partial charge in [0.15, 0.2) is 0 Å². The first kappa shape index (κ1) is 24.0. The molecule has 0 aliphatic rings. The molecule has 0 fully saturated rings. The molecule has 0 heterocycles. The van der Waals surface area contributed by atoms with E-state index in [4.69, 9.17) is 4.74 Å². The Labute approximate surface area is 222 Å². The molecule has 3 rings (SSSR count). The number of nitrogens with one attached hydrogen (secondary N) is 1. The lowest BCUT2D eigenvalue weighted by Gasteiger charge is -2.12. The van der Waals surface area contributed by atoms with E-state index in [1.165, 1.54) is 5.56 Å². The third-order valence-electron chi connectivity index (χ3n) is 4.30. The Morgan fingerprint density at radius 2 is 1.65 bits per heavy atom. The molecule has 0 saturated carbocycles. The van der Waals surface area contributed by atoms with Gasteiger partial charge in [-0.1, -0.05) is 29.8 Å². The quantitative estimate of drug-likeness (QED) is 0.169. The molecule has 1 amide bonds. The molecule has 156 valence electrons. The molecular weight excluding hydrogens is 729 g/mol. The van der Waals surface area contributed by atoms with Gasteiger partial charge in [-0.15, -0.1) is 0 Å². The van der Waals surface area contributed by atoms with Gasteiger partial charge in [0, 0.05) is 9.26 Å². The van der Waals surface area contributed by atoms with Crippen LogP contribution in [0.25, 0.3) is 6.08 Å². The number of hydrogen-bond acceptors (Lipinski definition) is 3. The fourth-order valence-electron chi connectivity index (χ4n) is 2.69. The van der Waals surface area contributed by atoms with Crippen molar-refractivity contribution in [1.29, 1.82) is 5.26 Å². The average Bonchev–Trinajstić information content (AvgIpc) is 2.74. The molecule has 0 bridgehead atoms. The molecule has 7 heteroatoms. The molecule has 0 spiro atoms. The standard InChI is InChI=1S/C24H17I3N2O2/c1-15-2-4-16(5-3-15)14-31-23-21(26)11-17(12-22(23)27)10-18(13-28)24(30)29-20-8-6-19(25)7-9-20/h2-12H,14H2,1H3,(H,29,30)/b18-10+. The van der Waals surface area contributed by atoms with Gasteiger partial charge in [-0.3, -0.25) is 4.79 Å². The summed E-state index contributed by atoms with van der Waals surface area (Å²) < 4.78 is 8.94. The minimum atomic E-state index is -0.437. The van der Waals surface area contributed by atoms with Crippen LogP contribution in [0.5, 0.6) is 5.75 Å². The van der Waals surface area contributed by atoms with Crippen LogP contribution in [0.4, 0.5) is 5.69 Å². The number of rotatable bonds is 6. The van der Waals surface area contributed by atoms with Crippen molar-refractivity contribution in [2.45, 2.75) is 13.5 Å². The number of hydrogen-bond donors (Lipinski definition) is 1. The topological polar surface area (TPSA) is 62.1 Å². The van der Waals surface area contributed by atoms with Gasteiger partial charge in [-0.05, 0) is 128 Å². The van der Waals surface area contributed by atoms with Gasteiger partial charge in [0.2, 0.25) is 0 Å². The van der Waals surface area contributed by atoms with E-state index >= 15 is 0 Å². The molecule has 3 aromatic rings. The molecule has 0 radical (unpaired) electrons. The first-order chi connectivity index (χ1) is 14.9. The summed E-state index contributed by atoms with van der Waals surface area (Å²) in [7, 11) is 0. The van der Waals surface area contributed by atoms with E-state index in [1.54, 1.807) is 18.2 Å². The molecule has 0 aliphatic heterocycles. The number of ether oxygens (including phenoxy) is 1. The van der Waals surface area contributed by atoms with Gasteiger partial charge in [0.05, 0.1) is 7.14 Å². The Morgan fingerprint density at radius 3 is 2.23 bits per heavy atom. The number of aryl methyl sites for hydroxylation is 1. The van der Waals surface area contributed by atoms with Gasteiger partial charge in [0.25, 0.3) is 5.91 Å². The van der Waals surface area contributed by atoms with Crippen LogP contribution in [0.2, 0.25) is 0 Å². The molecular formula is C24H17I3N2O2. The van der Waals surface area contributed by atoms with Gasteiger partial charge in [-0.25, -0.2) is 0 Å². The number of carbonyl (C=O) groups excluding carboxylic acids is 1. The lowest BCUT2D eigenvalue weighted by atomic mass is 10.1. The van der Waals surface area contributed by atoms with Crippen molar-refractivity contribution >= 4 is 85.4 Å². The lowest BCUT2D eigenvalue weighted by Crippen LogP contribution is -2.13. The Kier molecular flexibility index (Phi) is 8.74. The maximum absolute atomic E-state index is 12.5. The van der Waals surface area contributed by atoms with E-state index in [9.17, 15) is 10.1 Å². The van der Waals surface area contributed by atoms with E-state index in [-0.39, 0.29) is 5.57 Å². The minimum Gasteiger partial charge on any atom is -0.487 e. The zero-order valence-electron chi connectivity index (χ0n) is 16.5. The molecule has 3 aromatic carbocycles. The number of anilines is 1. The molecule has 0 atom stereocenters. The van der Waals surface area contributed by atoms with Crippen LogP contribution in [0, 0.1) is 29.0 Å². The van der Waals surface area contributed by atoms with Crippen molar-refractivity contribution in [2.24, 2.45) is 0 Å². The summed E-state index contributed by atoms with van der Waals surface area (Å²) in [4.78, 5) is 12.5. The average molecular weight is 746 g/mol. The SMILES string of the molecule is Cc1ccc(COc2c(I)cc(/C=C(\C#N)C(=O)Nc3ccc(I)cc3)cc2I)cc1. The Morgan fingerprint density at radius 1 is 1.03 bits per heavy atom. The first-order valence-corrected chi connectivity index (χ1v) is 12.5. The predicted octanol–water partition coefficient (Wildman–Crippen LogP) is 6.93. The van der Waals surface area contributed by atoms with Crippen LogP contribution in [-0.4, -0.2) is 5.91 Å². The molecule has 0 aliphatic carbocycles. The monoisotopic (exact) mass is 746 g/mol. The van der Waals surface area contributed by atoms with Gasteiger partial charge in [0.1, 0.15) is 24.0 Å². The highest BCUT2D eigenvalue weighted by Crippen LogP contribution is 2.30. The Bertz CT molecular complexity index is 1140. The van der Waals surface area contributed by atoms with Crippen molar-refractivity contribution in [3.63, 3.8) is 0 Å². The highest BCUT2D eigenvalue weighted by molar-refractivity contribution is 14.1. The molecule has 0 aromatic heterocycles. The van der Waals surface area contributed by atoms with E-state index in [1.807, 2.05) is 30.3 Å². The van der Waals surface area contributed by atoms with E-state index in [2.05, 4.69) is 104 Å². The number of carbonyl (C=O) groups is 1. The maximum Gasteiger partial charge on any atom is 0.266 e. The van der Waals surface area contributed by atoms with Crippen molar-refractivity contribution in [3.05, 3.63) is 93.6 Å². The number of benzene rings is 3. The fraction of sp³-hybridized carbons (Fsp3) is 0.0833. The maximum atomic E-state index is 12.5. The number of halogens is 3. The van der Waals surface area contributed by atoms with Crippen LogP contribution >= 0.6 is 67.8 Å². The van der Waals surface area contributed by atoms with Crippen molar-refractivity contribution in [1.82, 2.24) is 0 Å². The summed E-state index contributed by atoms with van der Waals surface area (Å²) in [6.07, 6.45) is 1.59. The molecule has 0 saturated heterocycles. The summed E-state index contributed by atoms with van der Waals surface area (Å²) in [5.41, 5.74) is 3.77. The zero-order valence-corrected chi connectivity index (χ0v) is 22.9. The second-order valence-electron chi connectivity index (χ2n) is 6.72. The van der Waals surface area contributed by atoms with Gasteiger partial charge >= 0.3 is 0 Å². The number of nitrogens with zero attached hydrogens (tertiary/aromatic N) is 1. The van der Waals surface area contributed by atoms with Crippen molar-refractivity contribution < 1.29 is 9.53 Å². The van der Waals surface area contributed by atoms with Crippen LogP contribution in [0.1, 0.15) is 16.7 Å². The van der Waals surface area contributed by atoms with Crippen LogP contribution in [-0.2, 0) is 11.4 Å². The van der Waals surface area contributed by atoms with Crippen LogP contribution in [0.3, 0.4) is 0 Å². The first-order valence-electron chi connectivity index (χ1n) is 9.22. The van der Waals surface area contributed by atoms with E-state index < -0.39 is 5.91 Å². The summed E-state index contributed by atoms with van der Waals surface area (Å²) in [6.45, 7) is 2.53. The molecule has 1 N–H and O–H groups in total. The van der Waals surface area contributed by atoms with Crippen molar-refractivity contribution in [2.75, 3.05) is 5.32 Å². The number of amides is 1. The smallest absolute Gasteiger partial charge is 0.266 e. The fourth-order valence-corrected chi connectivity index (χ4v) is 5.17. The predicted molar refractivity (Wildman–Crippen MR) is 149 cm³/mol. The van der Waals surface area contributed by atoms with E-state index in [0.29, 0.717) is 12.3 Å². The lowest BCUT2D eigenvalue weighted by molar-refractivity contribution is -0.112. The van der Waals surface area contributed by atoms with Gasteiger partial charge in [-0.2, -0.15) is 5.26 Å². The highest BCUT2D eigenvalue weighted by Gasteiger charge is 2.13. The Balaban J connectivity index is 1.76. The van der Waals surface area contributed by atoms with Crippen LogP contribution < -0.4 is 10.1 Å². The molecule has 4 nitrogen and oxygen atoms in total. The summed E-state index contributed by atoms with van der Waals surface area (Å²) in [5.74, 6) is 0.356. The second-order valence-corrected chi connectivity index (χ2v) is 10.3. The van der Waals surface area contributed by atoms with E-state index in [0.717, 1.165) is 27.6 Å². The summed E-state index contributed by atoms with van der Waals surface area (Å²) in [6, 6.07) is 21.4. The number of nitriles is 1. The minimum absolute atomic E-state index is 0.0403. The third kappa shape index (κ3) is 6.92. The molecule has 0 unspecified atom stereocenters. The van der Waals surface area contributed by atoms with Crippen LogP contribution in [0.15, 0.2) is 66.2 Å².